The number of rotatable bonds is 3. The van der Waals surface area contributed by atoms with Gasteiger partial charge in [0.25, 0.3) is 0 Å². The van der Waals surface area contributed by atoms with E-state index < -0.39 is 21.8 Å². The third-order valence-corrected chi connectivity index (χ3v) is 3.34. The molecule has 1 aromatic rings. The molecule has 1 aromatic carbocycles. The van der Waals surface area contributed by atoms with E-state index in [1.165, 1.54) is 6.92 Å². The number of hydrogen-bond acceptors (Lipinski definition) is 3. The molecule has 0 fully saturated rings. The largest absolute Gasteiger partial charge is 0.273 e. The summed E-state index contributed by atoms with van der Waals surface area (Å²) >= 11 is 11.9. The molecular formula is C10H11Cl2NO3S. The summed E-state index contributed by atoms with van der Waals surface area (Å²) < 4.78 is 23.8. The number of benzene rings is 1. The SMILES string of the molecule is CC(C(=O)NS(C)(=O)=O)c1c(Cl)cccc1Cl. The fourth-order valence-electron chi connectivity index (χ4n) is 1.33. The Labute approximate surface area is 110 Å². The molecule has 0 aromatic heterocycles. The van der Waals surface area contributed by atoms with Gasteiger partial charge in [-0.15, -0.1) is 0 Å². The Hall–Kier alpha value is -0.780. The minimum Gasteiger partial charge on any atom is -0.273 e. The molecule has 0 saturated heterocycles. The number of halogens is 2. The van der Waals surface area contributed by atoms with Crippen molar-refractivity contribution in [3.05, 3.63) is 33.8 Å². The molecule has 94 valence electrons. The zero-order valence-electron chi connectivity index (χ0n) is 9.20. The van der Waals surface area contributed by atoms with Gasteiger partial charge in [0.15, 0.2) is 0 Å². The van der Waals surface area contributed by atoms with E-state index in [-0.39, 0.29) is 0 Å². The second kappa shape index (κ2) is 5.25. The van der Waals surface area contributed by atoms with E-state index in [1.54, 1.807) is 18.2 Å². The molecule has 7 heteroatoms. The van der Waals surface area contributed by atoms with Crippen LogP contribution in [0, 0.1) is 0 Å². The summed E-state index contributed by atoms with van der Waals surface area (Å²) in [5.41, 5.74) is 0.414. The highest BCUT2D eigenvalue weighted by atomic mass is 35.5. The van der Waals surface area contributed by atoms with E-state index in [4.69, 9.17) is 23.2 Å². The van der Waals surface area contributed by atoms with Crippen molar-refractivity contribution in [3.63, 3.8) is 0 Å². The minimum absolute atomic E-state index is 0.327. The molecule has 0 aliphatic rings. The third kappa shape index (κ3) is 3.87. The maximum atomic E-state index is 11.7. The number of nitrogens with one attached hydrogen (secondary N) is 1. The van der Waals surface area contributed by atoms with Gasteiger partial charge in [-0.1, -0.05) is 29.3 Å². The second-order valence-corrected chi connectivity index (χ2v) is 6.16. The van der Waals surface area contributed by atoms with Crippen LogP contribution in [0.5, 0.6) is 0 Å². The molecule has 1 unspecified atom stereocenters. The van der Waals surface area contributed by atoms with Crippen LogP contribution in [0.15, 0.2) is 18.2 Å². The number of carbonyl (C=O) groups is 1. The highest BCUT2D eigenvalue weighted by molar-refractivity contribution is 7.89. The van der Waals surface area contributed by atoms with Crippen molar-refractivity contribution in [2.75, 3.05) is 6.26 Å². The number of hydrogen-bond donors (Lipinski definition) is 1. The van der Waals surface area contributed by atoms with Gasteiger partial charge in [0, 0.05) is 15.6 Å². The predicted molar refractivity (Wildman–Crippen MR) is 67.9 cm³/mol. The Kier molecular flexibility index (Phi) is 4.41. The van der Waals surface area contributed by atoms with Crippen LogP contribution in [-0.4, -0.2) is 20.6 Å². The van der Waals surface area contributed by atoms with Crippen molar-refractivity contribution >= 4 is 39.1 Å². The van der Waals surface area contributed by atoms with Crippen LogP contribution >= 0.6 is 23.2 Å². The summed E-state index contributed by atoms with van der Waals surface area (Å²) in [5, 5.41) is 0.655. The van der Waals surface area contributed by atoms with Crippen LogP contribution in [0.4, 0.5) is 0 Å². The molecule has 0 aliphatic carbocycles. The lowest BCUT2D eigenvalue weighted by Gasteiger charge is -2.14. The van der Waals surface area contributed by atoms with E-state index >= 15 is 0 Å². The van der Waals surface area contributed by atoms with Crippen LogP contribution in [0.1, 0.15) is 18.4 Å². The van der Waals surface area contributed by atoms with Gasteiger partial charge < -0.3 is 0 Å². The van der Waals surface area contributed by atoms with Crippen LogP contribution in [-0.2, 0) is 14.8 Å². The Morgan fingerprint density at radius 2 is 1.76 bits per heavy atom. The molecule has 1 N–H and O–H groups in total. The molecule has 0 saturated carbocycles. The molecule has 0 bridgehead atoms. The predicted octanol–water partition coefficient (Wildman–Crippen LogP) is 2.17. The fourth-order valence-corrected chi connectivity index (χ4v) is 2.59. The molecule has 1 amide bonds. The quantitative estimate of drug-likeness (QED) is 0.929. The average Bonchev–Trinajstić information content (AvgIpc) is 2.14. The lowest BCUT2D eigenvalue weighted by Crippen LogP contribution is -2.33. The highest BCUT2D eigenvalue weighted by Crippen LogP contribution is 2.31. The van der Waals surface area contributed by atoms with E-state index in [9.17, 15) is 13.2 Å². The Morgan fingerprint density at radius 1 is 1.29 bits per heavy atom. The average molecular weight is 296 g/mol. The number of amides is 1. The molecule has 17 heavy (non-hydrogen) atoms. The summed E-state index contributed by atoms with van der Waals surface area (Å²) in [6.45, 7) is 1.54. The van der Waals surface area contributed by atoms with Gasteiger partial charge in [-0.2, -0.15) is 0 Å². The molecule has 0 heterocycles. The fraction of sp³-hybridized carbons (Fsp3) is 0.300. The zero-order valence-corrected chi connectivity index (χ0v) is 11.5. The second-order valence-electron chi connectivity index (χ2n) is 3.60. The van der Waals surface area contributed by atoms with Crippen molar-refractivity contribution in [2.24, 2.45) is 0 Å². The first kappa shape index (κ1) is 14.3. The van der Waals surface area contributed by atoms with Crippen LogP contribution in [0.25, 0.3) is 0 Å². The minimum atomic E-state index is -3.59. The van der Waals surface area contributed by atoms with Crippen molar-refractivity contribution in [1.82, 2.24) is 4.72 Å². The van der Waals surface area contributed by atoms with E-state index in [2.05, 4.69) is 0 Å². The first-order valence-corrected chi connectivity index (χ1v) is 7.32. The Morgan fingerprint density at radius 3 is 2.18 bits per heavy atom. The molecule has 4 nitrogen and oxygen atoms in total. The number of sulfonamides is 1. The summed E-state index contributed by atoms with van der Waals surface area (Å²) in [6, 6.07) is 4.83. The maximum absolute atomic E-state index is 11.7. The van der Waals surface area contributed by atoms with E-state index in [1.807, 2.05) is 4.72 Å². The molecule has 1 rings (SSSR count). The smallest absolute Gasteiger partial charge is 0.240 e. The van der Waals surface area contributed by atoms with Gasteiger partial charge >= 0.3 is 0 Å². The summed E-state index contributed by atoms with van der Waals surface area (Å²) in [6.07, 6.45) is 0.909. The molecule has 0 spiro atoms. The molecule has 0 aliphatic heterocycles. The van der Waals surface area contributed by atoms with Crippen molar-refractivity contribution in [1.29, 1.82) is 0 Å². The van der Waals surface area contributed by atoms with Crippen molar-refractivity contribution in [3.8, 4) is 0 Å². The molecule has 0 radical (unpaired) electrons. The van der Waals surface area contributed by atoms with Crippen molar-refractivity contribution in [2.45, 2.75) is 12.8 Å². The van der Waals surface area contributed by atoms with E-state index in [0.717, 1.165) is 6.26 Å². The lowest BCUT2D eigenvalue weighted by atomic mass is 10.0. The van der Waals surface area contributed by atoms with Gasteiger partial charge in [0.05, 0.1) is 12.2 Å². The number of carbonyl (C=O) groups excluding carboxylic acids is 1. The van der Waals surface area contributed by atoms with Crippen LogP contribution in [0.3, 0.4) is 0 Å². The molecule has 1 atom stereocenters. The van der Waals surface area contributed by atoms with Gasteiger partial charge in [-0.25, -0.2) is 8.42 Å². The topological polar surface area (TPSA) is 63.2 Å². The zero-order chi connectivity index (χ0) is 13.2. The highest BCUT2D eigenvalue weighted by Gasteiger charge is 2.22. The standard InChI is InChI=1S/C10H11Cl2NO3S/c1-6(10(14)13-17(2,15)16)9-7(11)4-3-5-8(9)12/h3-6H,1-2H3,(H,13,14). The third-order valence-electron chi connectivity index (χ3n) is 2.11. The Bertz CT molecular complexity index is 522. The Balaban J connectivity index is 3.05. The summed E-state index contributed by atoms with van der Waals surface area (Å²) in [4.78, 5) is 11.7. The summed E-state index contributed by atoms with van der Waals surface area (Å²) in [7, 11) is -3.59. The van der Waals surface area contributed by atoms with Crippen LogP contribution < -0.4 is 4.72 Å². The van der Waals surface area contributed by atoms with E-state index in [0.29, 0.717) is 15.6 Å². The van der Waals surface area contributed by atoms with Gasteiger partial charge in [-0.05, 0) is 19.1 Å². The van der Waals surface area contributed by atoms with Crippen molar-refractivity contribution < 1.29 is 13.2 Å². The van der Waals surface area contributed by atoms with Gasteiger partial charge in [0.1, 0.15) is 0 Å². The lowest BCUT2D eigenvalue weighted by molar-refractivity contribution is -0.120. The maximum Gasteiger partial charge on any atom is 0.240 e. The first-order valence-electron chi connectivity index (χ1n) is 4.68. The normalized spacial score (nSPS) is 13.2. The van der Waals surface area contributed by atoms with Crippen LogP contribution in [0.2, 0.25) is 10.0 Å². The molecular weight excluding hydrogens is 285 g/mol. The first-order chi connectivity index (χ1) is 7.72. The van der Waals surface area contributed by atoms with Gasteiger partial charge in [0.2, 0.25) is 15.9 Å². The van der Waals surface area contributed by atoms with Gasteiger partial charge in [-0.3, -0.25) is 9.52 Å². The summed E-state index contributed by atoms with van der Waals surface area (Å²) in [5.74, 6) is -1.41. The monoisotopic (exact) mass is 295 g/mol.